The van der Waals surface area contributed by atoms with Gasteiger partial charge in [-0.05, 0) is 82.8 Å². The van der Waals surface area contributed by atoms with Crippen molar-refractivity contribution >= 4 is 57.5 Å². The van der Waals surface area contributed by atoms with Gasteiger partial charge in [0.2, 0.25) is 0 Å². The average Bonchev–Trinajstić information content (AvgIpc) is 2.74. The largest absolute Gasteiger partial charge is 0.489 e. The first-order valence-electron chi connectivity index (χ1n) is 8.84. The Hall–Kier alpha value is -2.98. The van der Waals surface area contributed by atoms with Crippen LogP contribution < -0.4 is 15.4 Å². The molecule has 0 spiro atoms. The normalized spacial score (nSPS) is 10.2. The fourth-order valence-electron chi connectivity index (χ4n) is 2.57. The first kappa shape index (κ1) is 21.7. The minimum absolute atomic E-state index is 0.0141. The molecular formula is C22H17IN2O4S. The van der Waals surface area contributed by atoms with E-state index in [9.17, 15) is 14.7 Å². The molecule has 0 aliphatic carbocycles. The second-order valence-corrected chi connectivity index (χ2v) is 7.86. The van der Waals surface area contributed by atoms with E-state index < -0.39 is 11.9 Å². The van der Waals surface area contributed by atoms with E-state index in [0.29, 0.717) is 17.9 Å². The van der Waals surface area contributed by atoms with Crippen LogP contribution in [-0.4, -0.2) is 22.1 Å². The van der Waals surface area contributed by atoms with E-state index >= 15 is 0 Å². The number of carbonyl (C=O) groups is 2. The Kier molecular flexibility index (Phi) is 7.36. The van der Waals surface area contributed by atoms with Gasteiger partial charge in [0, 0.05) is 9.13 Å². The maximum absolute atomic E-state index is 12.4. The van der Waals surface area contributed by atoms with Crippen LogP contribution in [0.4, 0.5) is 5.69 Å². The molecule has 0 unspecified atom stereocenters. The predicted molar refractivity (Wildman–Crippen MR) is 127 cm³/mol. The van der Waals surface area contributed by atoms with E-state index in [0.717, 1.165) is 14.9 Å². The van der Waals surface area contributed by atoms with Crippen molar-refractivity contribution in [1.82, 2.24) is 5.32 Å². The molecule has 3 aromatic rings. The van der Waals surface area contributed by atoms with Gasteiger partial charge in [-0.2, -0.15) is 0 Å². The van der Waals surface area contributed by atoms with Crippen molar-refractivity contribution in [3.05, 3.63) is 93.1 Å². The highest BCUT2D eigenvalue weighted by molar-refractivity contribution is 14.1. The van der Waals surface area contributed by atoms with Gasteiger partial charge >= 0.3 is 5.97 Å². The second kappa shape index (κ2) is 10.2. The van der Waals surface area contributed by atoms with Crippen molar-refractivity contribution < 1.29 is 19.4 Å². The molecular weight excluding hydrogens is 515 g/mol. The number of thiocarbonyl (C=S) groups is 1. The van der Waals surface area contributed by atoms with Crippen LogP contribution in [0.2, 0.25) is 0 Å². The predicted octanol–water partition coefficient (Wildman–Crippen LogP) is 4.70. The molecule has 0 heterocycles. The molecule has 30 heavy (non-hydrogen) atoms. The molecule has 1 amide bonds. The van der Waals surface area contributed by atoms with Crippen molar-refractivity contribution in [2.75, 3.05) is 5.32 Å². The van der Waals surface area contributed by atoms with Crippen molar-refractivity contribution in [1.29, 1.82) is 0 Å². The lowest BCUT2D eigenvalue weighted by Crippen LogP contribution is -2.34. The zero-order valence-electron chi connectivity index (χ0n) is 15.6. The highest BCUT2D eigenvalue weighted by Crippen LogP contribution is 2.19. The van der Waals surface area contributed by atoms with Crippen LogP contribution in [0, 0.1) is 3.57 Å². The van der Waals surface area contributed by atoms with Gasteiger partial charge in [-0.3, -0.25) is 10.1 Å². The highest BCUT2D eigenvalue weighted by atomic mass is 127. The molecule has 0 atom stereocenters. The Labute approximate surface area is 192 Å². The van der Waals surface area contributed by atoms with Crippen LogP contribution in [0.25, 0.3) is 0 Å². The minimum Gasteiger partial charge on any atom is -0.489 e. The third-order valence-electron chi connectivity index (χ3n) is 4.05. The lowest BCUT2D eigenvalue weighted by molar-refractivity contribution is 0.0697. The van der Waals surface area contributed by atoms with Gasteiger partial charge in [-0.1, -0.05) is 30.3 Å². The van der Waals surface area contributed by atoms with Crippen LogP contribution >= 0.6 is 34.8 Å². The quantitative estimate of drug-likeness (QED) is 0.316. The third kappa shape index (κ3) is 6.01. The SMILES string of the molecule is O=C(NC(=S)Nc1ccc(I)cc1C(=O)O)c1ccc(COc2ccccc2)cc1. The molecule has 0 radical (unpaired) electrons. The summed E-state index contributed by atoms with van der Waals surface area (Å²) in [7, 11) is 0. The summed E-state index contributed by atoms with van der Waals surface area (Å²) in [6, 6.07) is 21.3. The Morgan fingerprint density at radius 2 is 1.70 bits per heavy atom. The van der Waals surface area contributed by atoms with Crippen LogP contribution in [0.1, 0.15) is 26.3 Å². The summed E-state index contributed by atoms with van der Waals surface area (Å²) in [4.78, 5) is 23.8. The lowest BCUT2D eigenvalue weighted by atomic mass is 10.1. The molecule has 0 fully saturated rings. The summed E-state index contributed by atoms with van der Waals surface area (Å²) in [5, 5.41) is 14.7. The topological polar surface area (TPSA) is 87.7 Å². The Bertz CT molecular complexity index is 1070. The molecule has 0 aliphatic heterocycles. The number of para-hydroxylation sites is 1. The first-order chi connectivity index (χ1) is 14.4. The van der Waals surface area contributed by atoms with E-state index in [4.69, 9.17) is 17.0 Å². The van der Waals surface area contributed by atoms with Crippen LogP contribution in [0.3, 0.4) is 0 Å². The summed E-state index contributed by atoms with van der Waals surface area (Å²) in [6.07, 6.45) is 0. The molecule has 0 aromatic heterocycles. The maximum atomic E-state index is 12.4. The van der Waals surface area contributed by atoms with E-state index in [-0.39, 0.29) is 10.7 Å². The van der Waals surface area contributed by atoms with E-state index in [1.165, 1.54) is 6.07 Å². The minimum atomic E-state index is -1.08. The number of hydrogen-bond acceptors (Lipinski definition) is 4. The molecule has 3 aromatic carbocycles. The number of carboxylic acid groups (broad SMARTS) is 1. The molecule has 3 rings (SSSR count). The summed E-state index contributed by atoms with van der Waals surface area (Å²) < 4.78 is 6.46. The van der Waals surface area contributed by atoms with Gasteiger partial charge in [0.25, 0.3) is 5.91 Å². The average molecular weight is 532 g/mol. The van der Waals surface area contributed by atoms with Gasteiger partial charge in [-0.15, -0.1) is 0 Å². The third-order valence-corrected chi connectivity index (χ3v) is 4.93. The van der Waals surface area contributed by atoms with Gasteiger partial charge in [0.1, 0.15) is 12.4 Å². The first-order valence-corrected chi connectivity index (χ1v) is 10.3. The maximum Gasteiger partial charge on any atom is 0.337 e. The molecule has 0 bridgehead atoms. The number of amides is 1. The number of hydrogen-bond donors (Lipinski definition) is 3. The summed E-state index contributed by atoms with van der Waals surface area (Å²) >= 11 is 7.18. The monoisotopic (exact) mass is 532 g/mol. The van der Waals surface area contributed by atoms with E-state index in [1.807, 2.05) is 52.9 Å². The number of anilines is 1. The van der Waals surface area contributed by atoms with Crippen molar-refractivity contribution in [2.24, 2.45) is 0 Å². The number of rotatable bonds is 6. The van der Waals surface area contributed by atoms with Crippen LogP contribution in [-0.2, 0) is 6.61 Å². The van der Waals surface area contributed by atoms with Gasteiger partial charge in [0.15, 0.2) is 5.11 Å². The number of benzene rings is 3. The molecule has 0 aliphatic rings. The standard InChI is InChI=1S/C22H17IN2O4S/c23-16-10-11-19(18(12-16)21(27)28)24-22(30)25-20(26)15-8-6-14(7-9-15)13-29-17-4-2-1-3-5-17/h1-12H,13H2,(H,27,28)(H2,24,25,26,30). The number of carbonyl (C=O) groups excluding carboxylic acids is 1. The number of ether oxygens (including phenoxy) is 1. The van der Waals surface area contributed by atoms with E-state index in [2.05, 4.69) is 10.6 Å². The Balaban J connectivity index is 1.58. The van der Waals surface area contributed by atoms with Crippen LogP contribution in [0.5, 0.6) is 5.75 Å². The zero-order chi connectivity index (χ0) is 21.5. The molecule has 152 valence electrons. The lowest BCUT2D eigenvalue weighted by Gasteiger charge is -2.12. The Morgan fingerprint density at radius 3 is 2.37 bits per heavy atom. The Morgan fingerprint density at radius 1 is 1.00 bits per heavy atom. The zero-order valence-corrected chi connectivity index (χ0v) is 18.6. The van der Waals surface area contributed by atoms with Crippen LogP contribution in [0.15, 0.2) is 72.8 Å². The summed E-state index contributed by atoms with van der Waals surface area (Å²) in [5.74, 6) is -0.712. The van der Waals surface area contributed by atoms with Gasteiger partial charge < -0.3 is 15.2 Å². The fraction of sp³-hybridized carbons (Fsp3) is 0.0455. The second-order valence-electron chi connectivity index (χ2n) is 6.20. The summed E-state index contributed by atoms with van der Waals surface area (Å²) in [5.41, 5.74) is 1.72. The number of nitrogens with one attached hydrogen (secondary N) is 2. The smallest absolute Gasteiger partial charge is 0.337 e. The molecule has 8 heteroatoms. The number of carboxylic acids is 1. The van der Waals surface area contributed by atoms with Crippen molar-refractivity contribution in [3.8, 4) is 5.75 Å². The van der Waals surface area contributed by atoms with Crippen molar-refractivity contribution in [3.63, 3.8) is 0 Å². The van der Waals surface area contributed by atoms with Gasteiger partial charge in [-0.25, -0.2) is 4.79 Å². The number of halogens is 1. The summed E-state index contributed by atoms with van der Waals surface area (Å²) in [6.45, 7) is 0.386. The molecule has 0 saturated heterocycles. The number of aromatic carboxylic acids is 1. The molecule has 3 N–H and O–H groups in total. The van der Waals surface area contributed by atoms with Crippen molar-refractivity contribution in [2.45, 2.75) is 6.61 Å². The highest BCUT2D eigenvalue weighted by Gasteiger charge is 2.13. The molecule has 6 nitrogen and oxygen atoms in total. The molecule has 0 saturated carbocycles. The van der Waals surface area contributed by atoms with E-state index in [1.54, 1.807) is 36.4 Å². The fourth-order valence-corrected chi connectivity index (χ4v) is 3.26. The van der Waals surface area contributed by atoms with Gasteiger partial charge in [0.05, 0.1) is 11.3 Å².